The van der Waals surface area contributed by atoms with Crippen LogP contribution < -0.4 is 5.32 Å². The molecule has 11 heavy (non-hydrogen) atoms. The third-order valence-corrected chi connectivity index (χ3v) is 2.54. The van der Waals surface area contributed by atoms with Crippen LogP contribution in [-0.2, 0) is 0 Å². The number of hydrogen-bond acceptors (Lipinski definition) is 2. The number of thiophene rings is 1. The quantitative estimate of drug-likeness (QED) is 0.739. The summed E-state index contributed by atoms with van der Waals surface area (Å²) in [6.45, 7) is 2.39. The van der Waals surface area contributed by atoms with Crippen molar-refractivity contribution in [3.63, 3.8) is 0 Å². The number of aryl methyl sites for hydroxylation is 1. The first-order chi connectivity index (χ1) is 5.24. The molecule has 0 saturated heterocycles. The van der Waals surface area contributed by atoms with Gasteiger partial charge in [0, 0.05) is 16.3 Å². The predicted octanol–water partition coefficient (Wildman–Crippen LogP) is 2.29. The SMILES string of the molecule is CNCC(F)c1ccc(C)s1. The average molecular weight is 173 g/mol. The van der Waals surface area contributed by atoms with Crippen LogP contribution in [0.5, 0.6) is 0 Å². The van der Waals surface area contributed by atoms with E-state index in [4.69, 9.17) is 0 Å². The third-order valence-electron chi connectivity index (χ3n) is 1.45. The Kier molecular flexibility index (Phi) is 3.02. The molecule has 0 saturated carbocycles. The van der Waals surface area contributed by atoms with E-state index < -0.39 is 6.17 Å². The van der Waals surface area contributed by atoms with E-state index in [9.17, 15) is 4.39 Å². The first-order valence-electron chi connectivity index (χ1n) is 3.59. The lowest BCUT2D eigenvalue weighted by atomic mass is 10.3. The third kappa shape index (κ3) is 2.27. The van der Waals surface area contributed by atoms with Crippen molar-refractivity contribution in [1.29, 1.82) is 0 Å². The van der Waals surface area contributed by atoms with Gasteiger partial charge >= 0.3 is 0 Å². The van der Waals surface area contributed by atoms with E-state index in [1.54, 1.807) is 7.05 Å². The number of halogens is 1. The molecule has 1 unspecified atom stereocenters. The zero-order chi connectivity index (χ0) is 8.27. The molecule has 0 aromatic carbocycles. The van der Waals surface area contributed by atoms with Gasteiger partial charge in [-0.15, -0.1) is 11.3 Å². The lowest BCUT2D eigenvalue weighted by Crippen LogP contribution is -2.12. The van der Waals surface area contributed by atoms with Crippen LogP contribution in [0.2, 0.25) is 0 Å². The number of nitrogens with one attached hydrogen (secondary N) is 1. The highest BCUT2D eigenvalue weighted by atomic mass is 32.1. The lowest BCUT2D eigenvalue weighted by Gasteiger charge is -2.02. The van der Waals surface area contributed by atoms with Gasteiger partial charge in [-0.05, 0) is 26.1 Å². The van der Waals surface area contributed by atoms with Gasteiger partial charge in [-0.1, -0.05) is 0 Å². The Hall–Kier alpha value is -0.410. The molecular weight excluding hydrogens is 161 g/mol. The molecule has 0 aliphatic heterocycles. The molecule has 0 aliphatic carbocycles. The number of hydrogen-bond donors (Lipinski definition) is 1. The van der Waals surface area contributed by atoms with Gasteiger partial charge in [-0.2, -0.15) is 0 Å². The highest BCUT2D eigenvalue weighted by Gasteiger charge is 2.09. The molecule has 0 amide bonds. The standard InChI is InChI=1S/C8H12FNS/c1-6-3-4-8(11-6)7(9)5-10-2/h3-4,7,10H,5H2,1-2H3. The molecule has 1 atom stereocenters. The number of alkyl halides is 1. The van der Waals surface area contributed by atoms with Crippen molar-refractivity contribution in [1.82, 2.24) is 5.32 Å². The van der Waals surface area contributed by atoms with Crippen LogP contribution in [0.4, 0.5) is 4.39 Å². The molecule has 0 spiro atoms. The average Bonchev–Trinajstić information content (AvgIpc) is 2.36. The summed E-state index contributed by atoms with van der Waals surface area (Å²) in [5.74, 6) is 0. The van der Waals surface area contributed by atoms with Gasteiger partial charge < -0.3 is 5.32 Å². The molecule has 0 radical (unpaired) electrons. The van der Waals surface area contributed by atoms with Gasteiger partial charge in [-0.3, -0.25) is 0 Å². The van der Waals surface area contributed by atoms with Crippen molar-refractivity contribution < 1.29 is 4.39 Å². The number of rotatable bonds is 3. The molecule has 62 valence electrons. The minimum atomic E-state index is -0.848. The Morgan fingerprint density at radius 2 is 2.36 bits per heavy atom. The minimum Gasteiger partial charge on any atom is -0.316 e. The van der Waals surface area contributed by atoms with Gasteiger partial charge in [0.2, 0.25) is 0 Å². The molecular formula is C8H12FNS. The zero-order valence-electron chi connectivity index (χ0n) is 6.73. The van der Waals surface area contributed by atoms with Crippen LogP contribution in [0.3, 0.4) is 0 Å². The van der Waals surface area contributed by atoms with Gasteiger partial charge in [0.15, 0.2) is 0 Å². The van der Waals surface area contributed by atoms with E-state index in [1.807, 2.05) is 19.1 Å². The molecule has 0 aliphatic rings. The Balaban J connectivity index is 2.60. The molecule has 1 rings (SSSR count). The van der Waals surface area contributed by atoms with Crippen LogP contribution in [0.1, 0.15) is 15.9 Å². The predicted molar refractivity (Wildman–Crippen MR) is 46.8 cm³/mol. The summed E-state index contributed by atoms with van der Waals surface area (Å²) in [5.41, 5.74) is 0. The summed E-state index contributed by atoms with van der Waals surface area (Å²) in [7, 11) is 1.76. The fourth-order valence-corrected chi connectivity index (χ4v) is 1.76. The minimum absolute atomic E-state index is 0.403. The molecule has 1 aromatic heterocycles. The maximum absolute atomic E-state index is 13.1. The van der Waals surface area contributed by atoms with Gasteiger partial charge in [-0.25, -0.2) is 4.39 Å². The van der Waals surface area contributed by atoms with Crippen LogP contribution in [0.25, 0.3) is 0 Å². The fourth-order valence-electron chi connectivity index (χ4n) is 0.902. The van der Waals surface area contributed by atoms with Gasteiger partial charge in [0.1, 0.15) is 6.17 Å². The summed E-state index contributed by atoms with van der Waals surface area (Å²) >= 11 is 1.52. The van der Waals surface area contributed by atoms with Crippen molar-refractivity contribution in [3.05, 3.63) is 21.9 Å². The monoisotopic (exact) mass is 173 g/mol. The van der Waals surface area contributed by atoms with Crippen molar-refractivity contribution in [3.8, 4) is 0 Å². The zero-order valence-corrected chi connectivity index (χ0v) is 7.54. The molecule has 3 heteroatoms. The van der Waals surface area contributed by atoms with Crippen LogP contribution >= 0.6 is 11.3 Å². The summed E-state index contributed by atoms with van der Waals surface area (Å²) in [4.78, 5) is 1.98. The van der Waals surface area contributed by atoms with Gasteiger partial charge in [0.25, 0.3) is 0 Å². The smallest absolute Gasteiger partial charge is 0.147 e. The lowest BCUT2D eigenvalue weighted by molar-refractivity contribution is 0.341. The Labute approximate surface area is 70.2 Å². The maximum atomic E-state index is 13.1. The van der Waals surface area contributed by atoms with E-state index in [-0.39, 0.29) is 0 Å². The van der Waals surface area contributed by atoms with E-state index in [0.29, 0.717) is 6.54 Å². The largest absolute Gasteiger partial charge is 0.316 e. The summed E-state index contributed by atoms with van der Waals surface area (Å²) < 4.78 is 13.1. The van der Waals surface area contributed by atoms with E-state index in [2.05, 4.69) is 5.32 Å². The first-order valence-corrected chi connectivity index (χ1v) is 4.40. The Morgan fingerprint density at radius 3 is 2.82 bits per heavy atom. The molecule has 0 fully saturated rings. The second-order valence-electron chi connectivity index (χ2n) is 2.47. The highest BCUT2D eigenvalue weighted by Crippen LogP contribution is 2.24. The Bertz CT molecular complexity index is 222. The molecule has 1 nitrogen and oxygen atoms in total. The topological polar surface area (TPSA) is 12.0 Å². The van der Waals surface area contributed by atoms with Crippen LogP contribution in [0, 0.1) is 6.92 Å². The van der Waals surface area contributed by atoms with E-state index in [0.717, 1.165) is 4.88 Å². The fraction of sp³-hybridized carbons (Fsp3) is 0.500. The molecule has 1 heterocycles. The van der Waals surface area contributed by atoms with E-state index >= 15 is 0 Å². The van der Waals surface area contributed by atoms with Crippen molar-refractivity contribution in [2.45, 2.75) is 13.1 Å². The molecule has 0 bridgehead atoms. The second-order valence-corrected chi connectivity index (χ2v) is 3.79. The number of likely N-dealkylation sites (N-methyl/N-ethyl adjacent to an activating group) is 1. The van der Waals surface area contributed by atoms with E-state index in [1.165, 1.54) is 16.2 Å². The molecule has 1 N–H and O–H groups in total. The summed E-state index contributed by atoms with van der Waals surface area (Å²) in [6.07, 6.45) is -0.848. The second kappa shape index (κ2) is 3.83. The van der Waals surface area contributed by atoms with Crippen LogP contribution in [0.15, 0.2) is 12.1 Å². The summed E-state index contributed by atoms with van der Waals surface area (Å²) in [5, 5.41) is 2.81. The maximum Gasteiger partial charge on any atom is 0.147 e. The van der Waals surface area contributed by atoms with Gasteiger partial charge in [0.05, 0.1) is 0 Å². The van der Waals surface area contributed by atoms with Crippen LogP contribution in [-0.4, -0.2) is 13.6 Å². The highest BCUT2D eigenvalue weighted by molar-refractivity contribution is 7.12. The Morgan fingerprint density at radius 1 is 1.64 bits per heavy atom. The van der Waals surface area contributed by atoms with Crippen molar-refractivity contribution in [2.24, 2.45) is 0 Å². The molecule has 1 aromatic rings. The first kappa shape index (κ1) is 8.68. The normalized spacial score (nSPS) is 13.4. The summed E-state index contributed by atoms with van der Waals surface area (Å²) in [6, 6.07) is 3.80. The van der Waals surface area contributed by atoms with Crippen molar-refractivity contribution in [2.75, 3.05) is 13.6 Å². The van der Waals surface area contributed by atoms with Crippen molar-refractivity contribution >= 4 is 11.3 Å².